The van der Waals surface area contributed by atoms with Crippen molar-refractivity contribution in [1.29, 1.82) is 0 Å². The van der Waals surface area contributed by atoms with E-state index < -0.39 is 5.54 Å². The van der Waals surface area contributed by atoms with Crippen LogP contribution in [-0.4, -0.2) is 5.54 Å². The molecule has 5 aromatic carbocycles. The molecule has 0 fully saturated rings. The molecule has 0 spiro atoms. The van der Waals surface area contributed by atoms with Crippen LogP contribution in [-0.2, 0) is 0 Å². The third-order valence-electron chi connectivity index (χ3n) is 7.59. The molecule has 40 heavy (non-hydrogen) atoms. The minimum Gasteiger partial charge on any atom is -0.399 e. The zero-order valence-corrected chi connectivity index (χ0v) is 22.4. The topological polar surface area (TPSA) is 52.0 Å². The van der Waals surface area contributed by atoms with Crippen molar-refractivity contribution in [2.45, 2.75) is 12.0 Å². The van der Waals surface area contributed by atoms with E-state index >= 15 is 0 Å². The first-order valence-electron chi connectivity index (χ1n) is 13.7. The van der Waals surface area contributed by atoms with E-state index in [0.717, 1.165) is 44.7 Å². The van der Waals surface area contributed by atoms with Gasteiger partial charge in [0, 0.05) is 5.69 Å². The molecule has 194 valence electrons. The molecule has 5 aromatic rings. The standard InChI is InChI=1S/C38H32N2/c39-35-22-20-30(21-23-35)29-16-18-34(19-17-29)37(36(32-12-6-2-7-13-32)33-14-8-3-9-15-33)38(40)26-24-31(25-27-38)28-10-4-1-5-11-28/h1-26H,27,39-40H2. The van der Waals surface area contributed by atoms with E-state index in [0.29, 0.717) is 6.42 Å². The molecule has 1 unspecified atom stereocenters. The quantitative estimate of drug-likeness (QED) is 0.175. The molecule has 0 saturated carbocycles. The molecule has 0 radical (unpaired) electrons. The van der Waals surface area contributed by atoms with Crippen molar-refractivity contribution in [3.8, 4) is 11.1 Å². The molecule has 6 rings (SSSR count). The first kappa shape index (κ1) is 25.4. The van der Waals surface area contributed by atoms with Gasteiger partial charge in [-0.05, 0) is 68.7 Å². The summed E-state index contributed by atoms with van der Waals surface area (Å²) in [4.78, 5) is 0. The van der Waals surface area contributed by atoms with Crippen LogP contribution in [0.25, 0.3) is 27.8 Å². The fourth-order valence-electron chi connectivity index (χ4n) is 5.50. The van der Waals surface area contributed by atoms with Crippen LogP contribution in [0, 0.1) is 0 Å². The summed E-state index contributed by atoms with van der Waals surface area (Å²) in [6.45, 7) is 0. The van der Waals surface area contributed by atoms with Gasteiger partial charge in [0.2, 0.25) is 0 Å². The molecule has 0 saturated heterocycles. The van der Waals surface area contributed by atoms with Gasteiger partial charge in [-0.3, -0.25) is 0 Å². The monoisotopic (exact) mass is 516 g/mol. The number of nitrogen functional groups attached to an aromatic ring is 1. The molecule has 0 aliphatic heterocycles. The van der Waals surface area contributed by atoms with Gasteiger partial charge in [-0.15, -0.1) is 0 Å². The summed E-state index contributed by atoms with van der Waals surface area (Å²) in [6, 6.07) is 48.4. The normalized spacial score (nSPS) is 16.3. The lowest BCUT2D eigenvalue weighted by atomic mass is 9.74. The minimum absolute atomic E-state index is 0.686. The number of benzene rings is 5. The summed E-state index contributed by atoms with van der Waals surface area (Å²) < 4.78 is 0. The van der Waals surface area contributed by atoms with Gasteiger partial charge in [-0.1, -0.05) is 146 Å². The Labute approximate surface area is 236 Å². The Kier molecular flexibility index (Phi) is 7.01. The fourth-order valence-corrected chi connectivity index (χ4v) is 5.50. The van der Waals surface area contributed by atoms with Crippen LogP contribution in [0.4, 0.5) is 5.69 Å². The lowest BCUT2D eigenvalue weighted by Crippen LogP contribution is -2.40. The number of hydrogen-bond donors (Lipinski definition) is 2. The van der Waals surface area contributed by atoms with E-state index in [1.54, 1.807) is 0 Å². The predicted octanol–water partition coefficient (Wildman–Crippen LogP) is 8.64. The van der Waals surface area contributed by atoms with Gasteiger partial charge in [0.05, 0.1) is 5.54 Å². The highest BCUT2D eigenvalue weighted by atomic mass is 14.7. The Morgan fingerprint density at radius 2 is 1.02 bits per heavy atom. The van der Waals surface area contributed by atoms with Crippen molar-refractivity contribution in [3.63, 3.8) is 0 Å². The molecule has 0 heterocycles. The minimum atomic E-state index is -0.706. The maximum Gasteiger partial charge on any atom is 0.0646 e. The van der Waals surface area contributed by atoms with Gasteiger partial charge in [0.15, 0.2) is 0 Å². The van der Waals surface area contributed by atoms with Crippen LogP contribution in [0.15, 0.2) is 158 Å². The van der Waals surface area contributed by atoms with Crippen molar-refractivity contribution < 1.29 is 0 Å². The smallest absolute Gasteiger partial charge is 0.0646 e. The van der Waals surface area contributed by atoms with Crippen LogP contribution >= 0.6 is 0 Å². The van der Waals surface area contributed by atoms with Gasteiger partial charge < -0.3 is 11.5 Å². The van der Waals surface area contributed by atoms with E-state index in [9.17, 15) is 0 Å². The lowest BCUT2D eigenvalue weighted by molar-refractivity contribution is 0.682. The van der Waals surface area contributed by atoms with E-state index in [-0.39, 0.29) is 0 Å². The molecule has 4 N–H and O–H groups in total. The number of rotatable bonds is 6. The summed E-state index contributed by atoms with van der Waals surface area (Å²) in [7, 11) is 0. The van der Waals surface area contributed by atoms with E-state index in [2.05, 4.69) is 140 Å². The van der Waals surface area contributed by atoms with Crippen LogP contribution in [0.2, 0.25) is 0 Å². The Morgan fingerprint density at radius 3 is 1.52 bits per heavy atom. The molecule has 0 bridgehead atoms. The largest absolute Gasteiger partial charge is 0.399 e. The van der Waals surface area contributed by atoms with E-state index in [1.807, 2.05) is 18.2 Å². The predicted molar refractivity (Wildman–Crippen MR) is 170 cm³/mol. The highest BCUT2D eigenvalue weighted by molar-refractivity contribution is 6.03. The second kappa shape index (κ2) is 11.1. The van der Waals surface area contributed by atoms with Crippen LogP contribution in [0.3, 0.4) is 0 Å². The Hall–Kier alpha value is -4.92. The lowest BCUT2D eigenvalue weighted by Gasteiger charge is -2.34. The number of nitrogens with two attached hydrogens (primary N) is 2. The SMILES string of the molecule is Nc1ccc(-c2ccc(C(=C(c3ccccc3)c3ccccc3)C3(N)C=CC(c4ccccc4)=CC3)cc2)cc1. The van der Waals surface area contributed by atoms with Crippen LogP contribution in [0.5, 0.6) is 0 Å². The summed E-state index contributed by atoms with van der Waals surface area (Å²) in [5, 5.41) is 0. The van der Waals surface area contributed by atoms with Crippen molar-refractivity contribution in [2.24, 2.45) is 5.73 Å². The molecule has 2 heteroatoms. The zero-order valence-electron chi connectivity index (χ0n) is 22.4. The highest BCUT2D eigenvalue weighted by Crippen LogP contribution is 2.43. The van der Waals surface area contributed by atoms with E-state index in [4.69, 9.17) is 11.5 Å². The maximum atomic E-state index is 7.41. The molecular weight excluding hydrogens is 484 g/mol. The fraction of sp³-hybridized carbons (Fsp3) is 0.0526. The van der Waals surface area contributed by atoms with Crippen molar-refractivity contribution >= 4 is 22.4 Å². The van der Waals surface area contributed by atoms with Crippen molar-refractivity contribution in [2.75, 3.05) is 5.73 Å². The molecule has 0 amide bonds. The molecule has 1 aliphatic carbocycles. The number of hydrogen-bond acceptors (Lipinski definition) is 2. The first-order valence-corrected chi connectivity index (χ1v) is 13.7. The second-order valence-electron chi connectivity index (χ2n) is 10.3. The Bertz CT molecular complexity index is 1640. The van der Waals surface area contributed by atoms with Gasteiger partial charge in [0.1, 0.15) is 0 Å². The molecule has 2 nitrogen and oxygen atoms in total. The summed E-state index contributed by atoms with van der Waals surface area (Å²) >= 11 is 0. The number of anilines is 1. The Balaban J connectivity index is 1.53. The van der Waals surface area contributed by atoms with Crippen LogP contribution < -0.4 is 11.5 Å². The van der Waals surface area contributed by atoms with E-state index in [1.165, 1.54) is 11.1 Å². The molecular formula is C38H32N2. The molecule has 0 aromatic heterocycles. The van der Waals surface area contributed by atoms with Crippen molar-refractivity contribution in [1.82, 2.24) is 0 Å². The first-order chi connectivity index (χ1) is 19.6. The van der Waals surface area contributed by atoms with Crippen molar-refractivity contribution in [3.05, 3.63) is 180 Å². The third kappa shape index (κ3) is 5.18. The van der Waals surface area contributed by atoms with Gasteiger partial charge in [-0.25, -0.2) is 0 Å². The summed E-state index contributed by atoms with van der Waals surface area (Å²) in [6.07, 6.45) is 7.32. The van der Waals surface area contributed by atoms with Gasteiger partial charge in [-0.2, -0.15) is 0 Å². The number of allylic oxidation sites excluding steroid dienone is 2. The zero-order chi connectivity index (χ0) is 27.4. The van der Waals surface area contributed by atoms with Gasteiger partial charge in [0.25, 0.3) is 0 Å². The summed E-state index contributed by atoms with van der Waals surface area (Å²) in [5.74, 6) is 0. The average Bonchev–Trinajstić information content (AvgIpc) is 3.02. The molecule has 1 aliphatic rings. The highest BCUT2D eigenvalue weighted by Gasteiger charge is 2.33. The Morgan fingerprint density at radius 1 is 0.525 bits per heavy atom. The average molecular weight is 517 g/mol. The van der Waals surface area contributed by atoms with Crippen LogP contribution in [0.1, 0.15) is 28.7 Å². The second-order valence-corrected chi connectivity index (χ2v) is 10.3. The third-order valence-corrected chi connectivity index (χ3v) is 7.59. The summed E-state index contributed by atoms with van der Waals surface area (Å²) in [5.41, 5.74) is 23.7. The maximum absolute atomic E-state index is 7.41. The molecule has 1 atom stereocenters. The van der Waals surface area contributed by atoms with Gasteiger partial charge >= 0.3 is 0 Å².